The molecule has 0 fully saturated rings. The van der Waals surface area contributed by atoms with Crippen molar-refractivity contribution in [1.82, 2.24) is 0 Å². The quantitative estimate of drug-likeness (QED) is 0.0530. The Morgan fingerprint density at radius 3 is 1.56 bits per heavy atom. The predicted octanol–water partition coefficient (Wildman–Crippen LogP) is 10.4. The first-order valence-corrected chi connectivity index (χ1v) is 16.9. The van der Waals surface area contributed by atoms with Gasteiger partial charge in [0.1, 0.15) is 6.10 Å². The average molecular weight is 551 g/mol. The van der Waals surface area contributed by atoms with Crippen LogP contribution in [0, 0.1) is 0 Å². The molecular weight excluding hydrogens is 484 g/mol. The summed E-state index contributed by atoms with van der Waals surface area (Å²) in [7, 11) is 0. The molecule has 0 aromatic heterocycles. The largest absolute Gasteiger partial charge is 0.457 e. The van der Waals surface area contributed by atoms with Crippen LogP contribution in [0.15, 0.2) is 24.3 Å². The Morgan fingerprint density at radius 1 is 0.590 bits per heavy atom. The minimum Gasteiger partial charge on any atom is -0.457 e. The lowest BCUT2D eigenvalue weighted by Gasteiger charge is -2.15. The van der Waals surface area contributed by atoms with Crippen molar-refractivity contribution in [3.8, 4) is 0 Å². The summed E-state index contributed by atoms with van der Waals surface area (Å²) in [6.45, 7) is 5.27. The Bertz CT molecular complexity index is 543. The highest BCUT2D eigenvalue weighted by molar-refractivity contribution is 5.69. The van der Waals surface area contributed by atoms with Crippen molar-refractivity contribution in [3.05, 3.63) is 24.3 Å². The molecule has 230 valence electrons. The van der Waals surface area contributed by atoms with E-state index in [1.807, 2.05) is 0 Å². The zero-order valence-corrected chi connectivity index (χ0v) is 26.2. The lowest BCUT2D eigenvalue weighted by Crippen LogP contribution is -2.27. The normalized spacial score (nSPS) is 12.6. The average Bonchev–Trinajstić information content (AvgIpc) is 2.94. The molecule has 4 heteroatoms. The van der Waals surface area contributed by atoms with Gasteiger partial charge in [0, 0.05) is 13.0 Å². The zero-order valence-electron chi connectivity index (χ0n) is 26.2. The van der Waals surface area contributed by atoms with E-state index in [0.29, 0.717) is 19.6 Å². The van der Waals surface area contributed by atoms with E-state index in [1.54, 1.807) is 0 Å². The van der Waals surface area contributed by atoms with Crippen LogP contribution in [0.1, 0.15) is 168 Å². The first-order chi connectivity index (χ1) is 19.2. The number of hydrogen-bond acceptors (Lipinski definition) is 4. The van der Waals surface area contributed by atoms with Crippen LogP contribution in [0.25, 0.3) is 0 Å². The Balaban J connectivity index is 3.46. The van der Waals surface area contributed by atoms with Crippen LogP contribution in [0.5, 0.6) is 0 Å². The molecule has 1 unspecified atom stereocenters. The molecule has 0 spiro atoms. The van der Waals surface area contributed by atoms with Gasteiger partial charge in [0.2, 0.25) is 0 Å². The summed E-state index contributed by atoms with van der Waals surface area (Å²) in [4.78, 5) is 12.1. The summed E-state index contributed by atoms with van der Waals surface area (Å²) in [5, 5.41) is 9.51. The number of rotatable bonds is 31. The highest BCUT2D eigenvalue weighted by Gasteiger charge is 2.13. The van der Waals surface area contributed by atoms with Gasteiger partial charge in [0.25, 0.3) is 0 Å². The summed E-state index contributed by atoms with van der Waals surface area (Å²) in [6, 6.07) is 0. The van der Waals surface area contributed by atoms with Crippen LogP contribution >= 0.6 is 0 Å². The van der Waals surface area contributed by atoms with Crippen molar-refractivity contribution in [2.75, 3.05) is 19.8 Å². The maximum absolute atomic E-state index is 12.1. The third kappa shape index (κ3) is 31.3. The van der Waals surface area contributed by atoms with Crippen molar-refractivity contribution < 1.29 is 19.4 Å². The molecule has 4 nitrogen and oxygen atoms in total. The standard InChI is InChI=1S/C35H66O4/c1-3-5-7-9-11-13-15-16-17-18-19-20-22-24-26-28-30-35(37)39-34(32-36)33-38-31-29-27-25-23-21-14-12-10-8-6-4-2/h8,10,17-18,34,36H,3-7,9,11-16,19-33H2,1-2H3/b10-8-,18-17-. The van der Waals surface area contributed by atoms with Gasteiger partial charge in [-0.25, -0.2) is 0 Å². The number of aliphatic hydroxyl groups is 1. The minimum atomic E-state index is -0.536. The van der Waals surface area contributed by atoms with E-state index in [9.17, 15) is 9.90 Å². The van der Waals surface area contributed by atoms with E-state index in [-0.39, 0.29) is 12.6 Å². The molecule has 0 aliphatic carbocycles. The molecule has 0 heterocycles. The molecule has 0 amide bonds. The molecule has 39 heavy (non-hydrogen) atoms. The highest BCUT2D eigenvalue weighted by atomic mass is 16.6. The van der Waals surface area contributed by atoms with Crippen LogP contribution in [-0.4, -0.2) is 37.0 Å². The summed E-state index contributed by atoms with van der Waals surface area (Å²) in [5.41, 5.74) is 0. The monoisotopic (exact) mass is 550 g/mol. The van der Waals surface area contributed by atoms with Crippen molar-refractivity contribution >= 4 is 5.97 Å². The molecule has 0 radical (unpaired) electrons. The van der Waals surface area contributed by atoms with E-state index in [2.05, 4.69) is 38.2 Å². The molecular formula is C35H66O4. The molecule has 1 atom stereocenters. The van der Waals surface area contributed by atoms with Gasteiger partial charge < -0.3 is 14.6 Å². The molecule has 0 aliphatic heterocycles. The lowest BCUT2D eigenvalue weighted by molar-refractivity contribution is -0.154. The summed E-state index contributed by atoms with van der Waals surface area (Å²) in [5.74, 6) is -0.213. The number of carbonyl (C=O) groups is 1. The van der Waals surface area contributed by atoms with Gasteiger partial charge in [-0.1, -0.05) is 128 Å². The van der Waals surface area contributed by atoms with Gasteiger partial charge in [-0.15, -0.1) is 0 Å². The van der Waals surface area contributed by atoms with Crippen LogP contribution in [-0.2, 0) is 14.3 Å². The number of hydrogen-bond donors (Lipinski definition) is 1. The molecule has 1 N–H and O–H groups in total. The fraction of sp³-hybridized carbons (Fsp3) is 0.857. The smallest absolute Gasteiger partial charge is 0.306 e. The second kappa shape index (κ2) is 33.1. The topological polar surface area (TPSA) is 55.8 Å². The molecule has 0 aliphatic rings. The second-order valence-corrected chi connectivity index (χ2v) is 11.2. The summed E-state index contributed by atoms with van der Waals surface area (Å²) >= 11 is 0. The fourth-order valence-corrected chi connectivity index (χ4v) is 4.68. The van der Waals surface area contributed by atoms with E-state index in [1.165, 1.54) is 128 Å². The van der Waals surface area contributed by atoms with Gasteiger partial charge in [-0.3, -0.25) is 4.79 Å². The van der Waals surface area contributed by atoms with Gasteiger partial charge in [-0.05, 0) is 57.8 Å². The Kier molecular flexibility index (Phi) is 32.1. The Hall–Kier alpha value is -1.13. The van der Waals surface area contributed by atoms with E-state index < -0.39 is 6.10 Å². The number of ether oxygens (including phenoxy) is 2. The molecule has 0 aromatic carbocycles. The lowest BCUT2D eigenvalue weighted by atomic mass is 10.1. The number of carbonyl (C=O) groups excluding carboxylic acids is 1. The number of unbranched alkanes of at least 4 members (excludes halogenated alkanes) is 19. The Morgan fingerprint density at radius 2 is 1.05 bits per heavy atom. The second-order valence-electron chi connectivity index (χ2n) is 11.2. The van der Waals surface area contributed by atoms with Crippen LogP contribution in [0.3, 0.4) is 0 Å². The van der Waals surface area contributed by atoms with Crippen LogP contribution in [0.4, 0.5) is 0 Å². The van der Waals surface area contributed by atoms with Gasteiger partial charge in [0.15, 0.2) is 0 Å². The Labute approximate surface area is 243 Å². The first kappa shape index (κ1) is 37.9. The molecule has 0 saturated heterocycles. The van der Waals surface area contributed by atoms with Gasteiger partial charge in [0.05, 0.1) is 13.2 Å². The van der Waals surface area contributed by atoms with Crippen molar-refractivity contribution in [3.63, 3.8) is 0 Å². The number of aliphatic hydroxyl groups excluding tert-OH is 1. The molecule has 0 saturated carbocycles. The van der Waals surface area contributed by atoms with E-state index >= 15 is 0 Å². The maximum Gasteiger partial charge on any atom is 0.306 e. The third-order valence-electron chi connectivity index (χ3n) is 7.23. The number of esters is 1. The first-order valence-electron chi connectivity index (χ1n) is 16.9. The molecule has 0 aromatic rings. The zero-order chi connectivity index (χ0) is 28.5. The summed E-state index contributed by atoms with van der Waals surface area (Å²) in [6.07, 6.45) is 37.8. The fourth-order valence-electron chi connectivity index (χ4n) is 4.68. The van der Waals surface area contributed by atoms with Gasteiger partial charge >= 0.3 is 5.97 Å². The van der Waals surface area contributed by atoms with Crippen molar-refractivity contribution in [2.45, 2.75) is 174 Å². The molecule has 0 rings (SSSR count). The summed E-state index contributed by atoms with van der Waals surface area (Å²) < 4.78 is 11.1. The highest BCUT2D eigenvalue weighted by Crippen LogP contribution is 2.12. The predicted molar refractivity (Wildman–Crippen MR) is 168 cm³/mol. The SMILES string of the molecule is CCC/C=C\CCCCCCCCOCC(CO)OC(=O)CCCCCCC/C=C\CCCCCCCCC. The van der Waals surface area contributed by atoms with Crippen LogP contribution in [0.2, 0.25) is 0 Å². The van der Waals surface area contributed by atoms with Crippen LogP contribution < -0.4 is 0 Å². The van der Waals surface area contributed by atoms with Gasteiger partial charge in [-0.2, -0.15) is 0 Å². The third-order valence-corrected chi connectivity index (χ3v) is 7.23. The minimum absolute atomic E-state index is 0.176. The van der Waals surface area contributed by atoms with Crippen molar-refractivity contribution in [1.29, 1.82) is 0 Å². The van der Waals surface area contributed by atoms with E-state index in [4.69, 9.17) is 9.47 Å². The van der Waals surface area contributed by atoms with E-state index in [0.717, 1.165) is 19.3 Å². The maximum atomic E-state index is 12.1. The van der Waals surface area contributed by atoms with Crippen molar-refractivity contribution in [2.24, 2.45) is 0 Å². The molecule has 0 bridgehead atoms. The number of allylic oxidation sites excluding steroid dienone is 4.